The third-order valence-corrected chi connectivity index (χ3v) is 5.12. The van der Waals surface area contributed by atoms with Crippen LogP contribution in [0.15, 0.2) is 103 Å². The van der Waals surface area contributed by atoms with Crippen molar-refractivity contribution in [2.24, 2.45) is 0 Å². The Bertz CT molecular complexity index is 1210. The van der Waals surface area contributed by atoms with Crippen LogP contribution in [-0.4, -0.2) is 18.9 Å². The minimum atomic E-state index is 0.326. The molecule has 1 N–H and O–H groups in total. The van der Waals surface area contributed by atoms with E-state index in [2.05, 4.69) is 12.1 Å². The van der Waals surface area contributed by atoms with Gasteiger partial charge in [0.1, 0.15) is 11.5 Å². The lowest BCUT2D eigenvalue weighted by Gasteiger charge is -2.19. The van der Waals surface area contributed by atoms with Crippen molar-refractivity contribution in [2.75, 3.05) is 13.2 Å². The summed E-state index contributed by atoms with van der Waals surface area (Å²) < 4.78 is 17.6. The Kier molecular flexibility index (Phi) is 7.06. The molecular formula is C29H27NO3. The molecular weight excluding hydrogens is 410 g/mol. The Morgan fingerprint density at radius 2 is 1.42 bits per heavy atom. The molecule has 0 amide bonds. The Morgan fingerprint density at radius 3 is 2.09 bits per heavy atom. The van der Waals surface area contributed by atoms with Gasteiger partial charge in [0, 0.05) is 17.2 Å². The zero-order valence-corrected chi connectivity index (χ0v) is 18.9. The van der Waals surface area contributed by atoms with Crippen LogP contribution in [0, 0.1) is 5.41 Å². The van der Waals surface area contributed by atoms with E-state index >= 15 is 0 Å². The maximum Gasteiger partial charge on any atom is 0.161 e. The quantitative estimate of drug-likeness (QED) is 0.390. The number of rotatable bonds is 8. The summed E-state index contributed by atoms with van der Waals surface area (Å²) in [6, 6.07) is 25.7. The van der Waals surface area contributed by atoms with Crippen molar-refractivity contribution < 1.29 is 14.2 Å². The molecule has 0 bridgehead atoms. The van der Waals surface area contributed by atoms with E-state index in [1.165, 1.54) is 0 Å². The minimum absolute atomic E-state index is 0.326. The maximum atomic E-state index is 8.71. The van der Waals surface area contributed by atoms with Crippen LogP contribution in [0.3, 0.4) is 0 Å². The van der Waals surface area contributed by atoms with Crippen molar-refractivity contribution in [3.8, 4) is 11.5 Å². The van der Waals surface area contributed by atoms with Crippen LogP contribution < -0.4 is 9.47 Å². The molecule has 0 aromatic heterocycles. The van der Waals surface area contributed by atoms with Gasteiger partial charge < -0.3 is 19.6 Å². The predicted molar refractivity (Wildman–Crippen MR) is 134 cm³/mol. The first kappa shape index (κ1) is 22.2. The molecule has 0 saturated heterocycles. The zero-order valence-electron chi connectivity index (χ0n) is 18.9. The minimum Gasteiger partial charge on any atom is -0.490 e. The van der Waals surface area contributed by atoms with Gasteiger partial charge in [0.15, 0.2) is 11.5 Å². The fraction of sp³-hybridized carbons (Fsp3) is 0.138. The first-order valence-corrected chi connectivity index (χ1v) is 11.1. The first-order chi connectivity index (χ1) is 16.2. The fourth-order valence-corrected chi connectivity index (χ4v) is 3.58. The van der Waals surface area contributed by atoms with E-state index in [1.54, 1.807) is 6.08 Å². The van der Waals surface area contributed by atoms with Crippen molar-refractivity contribution in [2.45, 2.75) is 13.8 Å². The molecule has 0 radical (unpaired) electrons. The summed E-state index contributed by atoms with van der Waals surface area (Å²) in [5.41, 5.74) is 4.15. The van der Waals surface area contributed by atoms with E-state index in [-0.39, 0.29) is 0 Å². The number of hydrogen-bond acceptors (Lipinski definition) is 4. The van der Waals surface area contributed by atoms with E-state index in [4.69, 9.17) is 19.6 Å². The fourth-order valence-electron chi connectivity index (χ4n) is 3.58. The average Bonchev–Trinajstić information content (AvgIpc) is 2.86. The molecule has 1 aliphatic rings. The molecule has 4 rings (SSSR count). The molecule has 4 nitrogen and oxygen atoms in total. The monoisotopic (exact) mass is 437 g/mol. The smallest absolute Gasteiger partial charge is 0.161 e. The third kappa shape index (κ3) is 5.42. The standard InChI is InChI=1S/C29H27NO3/c1-3-31-27-16-15-23(18-29(27)32-4-2)26(30)20-25-17-24(21-11-7-5-8-12-21)19-28(33-25)22-13-9-6-10-14-22/h5-20,30H,3-4H2,1-2H3/b25-20-,30-26?. The van der Waals surface area contributed by atoms with Crippen LogP contribution in [0.25, 0.3) is 11.3 Å². The van der Waals surface area contributed by atoms with E-state index in [1.807, 2.05) is 92.7 Å². The normalized spacial score (nSPS) is 14.2. The van der Waals surface area contributed by atoms with Crippen LogP contribution in [0.4, 0.5) is 0 Å². The van der Waals surface area contributed by atoms with Crippen LogP contribution in [0.2, 0.25) is 0 Å². The predicted octanol–water partition coefficient (Wildman–Crippen LogP) is 6.89. The number of allylic oxidation sites excluding steroid dienone is 4. The highest BCUT2D eigenvalue weighted by atomic mass is 16.5. The molecule has 0 unspecified atom stereocenters. The van der Waals surface area contributed by atoms with Crippen molar-refractivity contribution in [1.29, 1.82) is 5.41 Å². The summed E-state index contributed by atoms with van der Waals surface area (Å²) in [7, 11) is 0. The van der Waals surface area contributed by atoms with Gasteiger partial charge in [-0.1, -0.05) is 60.7 Å². The average molecular weight is 438 g/mol. The van der Waals surface area contributed by atoms with Crippen LogP contribution in [0.1, 0.15) is 30.5 Å². The molecule has 0 atom stereocenters. The number of hydrogen-bond donors (Lipinski definition) is 1. The second-order valence-electron chi connectivity index (χ2n) is 7.43. The highest BCUT2D eigenvalue weighted by Gasteiger charge is 2.16. The molecule has 1 heterocycles. The summed E-state index contributed by atoms with van der Waals surface area (Å²) in [6.45, 7) is 4.94. The van der Waals surface area contributed by atoms with E-state index < -0.39 is 0 Å². The van der Waals surface area contributed by atoms with Crippen molar-refractivity contribution in [1.82, 2.24) is 0 Å². The van der Waals surface area contributed by atoms with Gasteiger partial charge in [0.2, 0.25) is 0 Å². The molecule has 0 fully saturated rings. The van der Waals surface area contributed by atoms with Crippen LogP contribution in [-0.2, 0) is 4.74 Å². The SMILES string of the molecule is CCOc1ccc(C(=N)/C=C2/C=C(c3ccccc3)C=C(c3ccccc3)O2)cc1OCC. The van der Waals surface area contributed by atoms with E-state index in [9.17, 15) is 0 Å². The Morgan fingerprint density at radius 1 is 0.788 bits per heavy atom. The molecule has 33 heavy (non-hydrogen) atoms. The van der Waals surface area contributed by atoms with Crippen molar-refractivity contribution in [3.63, 3.8) is 0 Å². The first-order valence-electron chi connectivity index (χ1n) is 11.1. The highest BCUT2D eigenvalue weighted by molar-refractivity contribution is 6.07. The Labute approximate surface area is 195 Å². The van der Waals surface area contributed by atoms with Crippen LogP contribution >= 0.6 is 0 Å². The van der Waals surface area contributed by atoms with Gasteiger partial charge in [-0.05, 0) is 55.3 Å². The number of benzene rings is 3. The lowest BCUT2D eigenvalue weighted by Crippen LogP contribution is -2.04. The zero-order chi connectivity index (χ0) is 23.0. The third-order valence-electron chi connectivity index (χ3n) is 5.12. The molecule has 0 saturated carbocycles. The summed E-state index contributed by atoms with van der Waals surface area (Å²) in [5, 5.41) is 8.71. The summed E-state index contributed by atoms with van der Waals surface area (Å²) in [5.74, 6) is 2.66. The number of ether oxygens (including phenoxy) is 3. The van der Waals surface area contributed by atoms with Gasteiger partial charge in [0.25, 0.3) is 0 Å². The number of nitrogens with one attached hydrogen (secondary N) is 1. The molecule has 0 aliphatic carbocycles. The molecule has 3 aromatic rings. The Balaban J connectivity index is 1.69. The van der Waals surface area contributed by atoms with Gasteiger partial charge in [0.05, 0.1) is 18.9 Å². The van der Waals surface area contributed by atoms with Gasteiger partial charge >= 0.3 is 0 Å². The molecule has 166 valence electrons. The van der Waals surface area contributed by atoms with Gasteiger partial charge in [-0.3, -0.25) is 0 Å². The van der Waals surface area contributed by atoms with E-state index in [0.29, 0.717) is 36.2 Å². The lowest BCUT2D eigenvalue weighted by atomic mass is 10.00. The highest BCUT2D eigenvalue weighted by Crippen LogP contribution is 2.33. The summed E-state index contributed by atoms with van der Waals surface area (Å²) in [6.07, 6.45) is 5.74. The van der Waals surface area contributed by atoms with Crippen LogP contribution in [0.5, 0.6) is 11.5 Å². The molecule has 1 aliphatic heterocycles. The molecule has 0 spiro atoms. The lowest BCUT2D eigenvalue weighted by molar-refractivity contribution is 0.287. The Hall–Kier alpha value is -4.05. The maximum absolute atomic E-state index is 8.71. The van der Waals surface area contributed by atoms with E-state index in [0.717, 1.165) is 28.0 Å². The van der Waals surface area contributed by atoms with Crippen molar-refractivity contribution in [3.05, 3.63) is 120 Å². The topological polar surface area (TPSA) is 51.5 Å². The molecule has 3 aromatic carbocycles. The summed E-state index contributed by atoms with van der Waals surface area (Å²) in [4.78, 5) is 0. The van der Waals surface area contributed by atoms with Crippen molar-refractivity contribution >= 4 is 17.0 Å². The second-order valence-corrected chi connectivity index (χ2v) is 7.43. The van der Waals surface area contributed by atoms with Gasteiger partial charge in [-0.25, -0.2) is 0 Å². The largest absolute Gasteiger partial charge is 0.490 e. The second kappa shape index (κ2) is 10.5. The van der Waals surface area contributed by atoms with Gasteiger partial charge in [-0.15, -0.1) is 0 Å². The summed E-state index contributed by atoms with van der Waals surface area (Å²) >= 11 is 0. The molecule has 4 heteroatoms. The van der Waals surface area contributed by atoms with Gasteiger partial charge in [-0.2, -0.15) is 0 Å².